The van der Waals surface area contributed by atoms with Crippen LogP contribution in [-0.2, 0) is 11.3 Å². The van der Waals surface area contributed by atoms with Crippen LogP contribution in [0.1, 0.15) is 13.8 Å². The topological polar surface area (TPSA) is 71.3 Å². The number of ether oxygens (including phenoxy) is 4. The van der Waals surface area contributed by atoms with E-state index in [0.717, 1.165) is 27.5 Å². The van der Waals surface area contributed by atoms with E-state index < -0.39 is 0 Å². The predicted molar refractivity (Wildman–Crippen MR) is 110 cm³/mol. The summed E-state index contributed by atoms with van der Waals surface area (Å²) in [5.74, 6) is 2.47. The maximum Gasteiger partial charge on any atom is 0.286 e. The Morgan fingerprint density at radius 3 is 2.38 bits per heavy atom. The van der Waals surface area contributed by atoms with E-state index in [1.165, 1.54) is 11.3 Å². The van der Waals surface area contributed by atoms with Crippen molar-refractivity contribution in [2.45, 2.75) is 20.4 Å². The molecule has 0 spiro atoms. The summed E-state index contributed by atoms with van der Waals surface area (Å²) in [7, 11) is 0. The normalized spacial score (nSPS) is 13.5. The zero-order chi connectivity index (χ0) is 20.2. The van der Waals surface area contributed by atoms with Gasteiger partial charge in [-0.2, -0.15) is 4.99 Å². The number of thiazole rings is 1. The second-order valence-corrected chi connectivity index (χ2v) is 7.30. The summed E-state index contributed by atoms with van der Waals surface area (Å²) < 4.78 is 25.3. The van der Waals surface area contributed by atoms with Gasteiger partial charge in [-0.05, 0) is 38.1 Å². The van der Waals surface area contributed by atoms with Crippen LogP contribution in [0.25, 0.3) is 10.2 Å². The maximum absolute atomic E-state index is 12.4. The number of amides is 1. The van der Waals surface area contributed by atoms with Crippen molar-refractivity contribution < 1.29 is 23.7 Å². The van der Waals surface area contributed by atoms with Crippen LogP contribution < -0.4 is 23.7 Å². The summed E-state index contributed by atoms with van der Waals surface area (Å²) in [6.45, 7) is 6.18. The molecule has 0 bridgehead atoms. The molecule has 0 radical (unpaired) electrons. The van der Waals surface area contributed by atoms with Crippen LogP contribution in [0.3, 0.4) is 0 Å². The summed E-state index contributed by atoms with van der Waals surface area (Å²) in [6.07, 6.45) is 0. The first-order chi connectivity index (χ1) is 14.2. The fourth-order valence-corrected chi connectivity index (χ4v) is 4.20. The van der Waals surface area contributed by atoms with E-state index in [2.05, 4.69) is 4.99 Å². The Balaban J connectivity index is 1.54. The highest BCUT2D eigenvalue weighted by Gasteiger charge is 2.16. The van der Waals surface area contributed by atoms with Crippen molar-refractivity contribution in [3.63, 3.8) is 0 Å². The fraction of sp³-hybridized carbons (Fsp3) is 0.333. The first-order valence-corrected chi connectivity index (χ1v) is 10.4. The van der Waals surface area contributed by atoms with E-state index in [0.29, 0.717) is 36.9 Å². The molecule has 29 heavy (non-hydrogen) atoms. The van der Waals surface area contributed by atoms with Crippen LogP contribution in [0, 0.1) is 0 Å². The molecule has 3 aromatic rings. The third-order valence-corrected chi connectivity index (χ3v) is 5.42. The molecule has 1 aliphatic heterocycles. The van der Waals surface area contributed by atoms with E-state index in [-0.39, 0.29) is 12.5 Å². The Labute approximate surface area is 172 Å². The van der Waals surface area contributed by atoms with Crippen LogP contribution in [-0.4, -0.2) is 36.9 Å². The summed E-state index contributed by atoms with van der Waals surface area (Å²) in [4.78, 5) is 17.3. The van der Waals surface area contributed by atoms with Crippen molar-refractivity contribution in [1.29, 1.82) is 0 Å². The predicted octanol–water partition coefficient (Wildman–Crippen LogP) is 3.40. The average Bonchev–Trinajstić information content (AvgIpc) is 3.07. The first kappa shape index (κ1) is 19.3. The summed E-state index contributed by atoms with van der Waals surface area (Å²) in [5, 5.41) is 0. The van der Waals surface area contributed by atoms with E-state index in [9.17, 15) is 4.79 Å². The molecule has 2 aromatic carbocycles. The molecule has 0 aliphatic carbocycles. The van der Waals surface area contributed by atoms with Gasteiger partial charge in [0.1, 0.15) is 24.7 Å². The lowest BCUT2D eigenvalue weighted by Crippen LogP contribution is -2.19. The van der Waals surface area contributed by atoms with Gasteiger partial charge >= 0.3 is 0 Å². The number of carbonyl (C=O) groups excluding carboxylic acids is 1. The van der Waals surface area contributed by atoms with Gasteiger partial charge in [0.25, 0.3) is 5.91 Å². The number of hydrogen-bond donors (Lipinski definition) is 0. The minimum absolute atomic E-state index is 0.130. The van der Waals surface area contributed by atoms with Gasteiger partial charge in [0, 0.05) is 18.7 Å². The van der Waals surface area contributed by atoms with Crippen molar-refractivity contribution in [1.82, 2.24) is 4.57 Å². The molecule has 7 nitrogen and oxygen atoms in total. The Morgan fingerprint density at radius 1 is 1.07 bits per heavy atom. The Bertz CT molecular complexity index is 1080. The molecule has 1 aliphatic rings. The van der Waals surface area contributed by atoms with Crippen molar-refractivity contribution in [3.05, 3.63) is 41.2 Å². The molecular weight excluding hydrogens is 392 g/mol. The average molecular weight is 414 g/mol. The van der Waals surface area contributed by atoms with Crippen molar-refractivity contribution >= 4 is 27.5 Å². The van der Waals surface area contributed by atoms with E-state index in [1.54, 1.807) is 12.1 Å². The Morgan fingerprint density at radius 2 is 1.72 bits per heavy atom. The summed E-state index contributed by atoms with van der Waals surface area (Å²) >= 11 is 1.45. The molecule has 0 fully saturated rings. The van der Waals surface area contributed by atoms with E-state index >= 15 is 0 Å². The van der Waals surface area contributed by atoms with Gasteiger partial charge in [0.15, 0.2) is 22.9 Å². The quantitative estimate of drug-likeness (QED) is 0.618. The van der Waals surface area contributed by atoms with Crippen molar-refractivity contribution in [2.75, 3.05) is 26.4 Å². The zero-order valence-corrected chi connectivity index (χ0v) is 17.2. The van der Waals surface area contributed by atoms with Crippen molar-refractivity contribution in [3.8, 4) is 23.0 Å². The number of aromatic nitrogens is 1. The summed E-state index contributed by atoms with van der Waals surface area (Å²) in [6, 6.07) is 11.1. The Hall–Kier alpha value is -3.00. The molecule has 8 heteroatoms. The highest BCUT2D eigenvalue weighted by molar-refractivity contribution is 7.16. The van der Waals surface area contributed by atoms with Crippen LogP contribution in [0.15, 0.2) is 41.4 Å². The third kappa shape index (κ3) is 4.22. The van der Waals surface area contributed by atoms with Crippen LogP contribution in [0.4, 0.5) is 0 Å². The van der Waals surface area contributed by atoms with Crippen LogP contribution in [0.2, 0.25) is 0 Å². The van der Waals surface area contributed by atoms with E-state index in [4.69, 9.17) is 18.9 Å². The Kier molecular flexibility index (Phi) is 5.71. The molecule has 1 amide bonds. The molecule has 0 saturated carbocycles. The molecule has 2 heterocycles. The number of rotatable bonds is 6. The summed E-state index contributed by atoms with van der Waals surface area (Å²) in [5.41, 5.74) is 0.973. The lowest BCUT2D eigenvalue weighted by atomic mass is 10.2. The molecule has 152 valence electrons. The molecule has 0 N–H and O–H groups in total. The van der Waals surface area contributed by atoms with Gasteiger partial charge in [-0.1, -0.05) is 11.3 Å². The monoisotopic (exact) mass is 414 g/mol. The van der Waals surface area contributed by atoms with Crippen LogP contribution >= 0.6 is 11.3 Å². The molecular formula is C21H22N2O5S. The lowest BCUT2D eigenvalue weighted by molar-refractivity contribution is -0.120. The maximum atomic E-state index is 12.4. The van der Waals surface area contributed by atoms with Gasteiger partial charge in [-0.15, -0.1) is 0 Å². The number of carbonyl (C=O) groups is 1. The number of fused-ring (bicyclic) bond motifs is 2. The van der Waals surface area contributed by atoms with E-state index in [1.807, 2.05) is 42.7 Å². The number of nitrogens with zero attached hydrogens (tertiary/aromatic N) is 2. The molecule has 4 rings (SSSR count). The molecule has 0 saturated heterocycles. The SMILES string of the molecule is CCOc1ccc(OCC(=O)N=c2sc3cc4c(cc3n2CC)OCCO4)cc1. The number of aryl methyl sites for hydroxylation is 1. The number of hydrogen-bond acceptors (Lipinski definition) is 6. The second kappa shape index (κ2) is 8.57. The van der Waals surface area contributed by atoms with Gasteiger partial charge in [0.05, 0.1) is 16.8 Å². The molecule has 1 aromatic heterocycles. The largest absolute Gasteiger partial charge is 0.494 e. The van der Waals surface area contributed by atoms with Crippen LogP contribution in [0.5, 0.6) is 23.0 Å². The highest BCUT2D eigenvalue weighted by atomic mass is 32.1. The fourth-order valence-electron chi connectivity index (χ4n) is 3.08. The second-order valence-electron chi connectivity index (χ2n) is 6.29. The minimum atomic E-state index is -0.343. The lowest BCUT2D eigenvalue weighted by Gasteiger charge is -2.18. The molecule has 0 unspecified atom stereocenters. The minimum Gasteiger partial charge on any atom is -0.494 e. The highest BCUT2D eigenvalue weighted by Crippen LogP contribution is 2.35. The number of benzene rings is 2. The third-order valence-electron chi connectivity index (χ3n) is 4.38. The van der Waals surface area contributed by atoms with Gasteiger partial charge in [-0.25, -0.2) is 0 Å². The smallest absolute Gasteiger partial charge is 0.286 e. The van der Waals surface area contributed by atoms with Crippen molar-refractivity contribution in [2.24, 2.45) is 4.99 Å². The van der Waals surface area contributed by atoms with Gasteiger partial charge < -0.3 is 23.5 Å². The molecule has 0 atom stereocenters. The van der Waals surface area contributed by atoms with Gasteiger partial charge in [-0.3, -0.25) is 4.79 Å². The zero-order valence-electron chi connectivity index (χ0n) is 16.3. The first-order valence-electron chi connectivity index (χ1n) is 9.54. The standard InChI is InChI=1S/C21H22N2O5S/c1-3-23-16-11-17-18(27-10-9-26-17)12-19(16)29-21(23)22-20(24)13-28-15-7-5-14(6-8-15)25-4-2/h5-8,11-12H,3-4,9-10,13H2,1-2H3. The van der Waals surface area contributed by atoms with Gasteiger partial charge in [0.2, 0.25) is 0 Å².